The molecule has 1 aromatic rings. The van der Waals surface area contributed by atoms with E-state index in [9.17, 15) is 9.59 Å². The average Bonchev–Trinajstić information content (AvgIpc) is 2.51. The molecule has 1 rings (SSSR count). The average molecular weight is 307 g/mol. The molecule has 0 unspecified atom stereocenters. The van der Waals surface area contributed by atoms with Crippen LogP contribution < -0.4 is 10.1 Å². The van der Waals surface area contributed by atoms with Crippen LogP contribution in [0.3, 0.4) is 0 Å². The molecule has 120 valence electrons. The minimum Gasteiger partial charge on any atom is -0.480 e. The Morgan fingerprint density at radius 2 is 2.18 bits per heavy atom. The summed E-state index contributed by atoms with van der Waals surface area (Å²) in [5.74, 6) is -0.970. The molecule has 0 spiro atoms. The van der Waals surface area contributed by atoms with Gasteiger partial charge in [-0.25, -0.2) is 4.79 Å². The summed E-state index contributed by atoms with van der Waals surface area (Å²) in [5, 5.41) is 11.9. The lowest BCUT2D eigenvalue weighted by Crippen LogP contribution is -2.15. The molecule has 0 aromatic heterocycles. The van der Waals surface area contributed by atoms with Gasteiger partial charge in [0, 0.05) is 12.5 Å². The molecule has 0 fully saturated rings. The standard InChI is InChI=1S/C16H21NO5/c1-4-11(3)17-13-7-6-12(9-22-16(20)5-2)8-14(13)21-10-15(18)19/h4,6-8,11,17H,1,5,9-10H2,2-3H3,(H,18,19)/t11-/m1/s1. The number of nitrogens with one attached hydrogen (secondary N) is 1. The van der Waals surface area contributed by atoms with E-state index < -0.39 is 12.6 Å². The number of carbonyl (C=O) groups is 2. The predicted octanol–water partition coefficient (Wildman–Crippen LogP) is 2.59. The summed E-state index contributed by atoms with van der Waals surface area (Å²) < 4.78 is 10.3. The third-order valence-electron chi connectivity index (χ3n) is 2.82. The first kappa shape index (κ1) is 17.6. The maximum atomic E-state index is 11.2. The lowest BCUT2D eigenvalue weighted by atomic mass is 10.2. The highest BCUT2D eigenvalue weighted by Gasteiger charge is 2.10. The number of aliphatic carboxylic acids is 1. The second-order valence-electron chi connectivity index (χ2n) is 4.70. The van der Waals surface area contributed by atoms with Gasteiger partial charge in [0.25, 0.3) is 0 Å². The molecule has 0 saturated carbocycles. The van der Waals surface area contributed by atoms with Crippen LogP contribution in [-0.4, -0.2) is 29.7 Å². The van der Waals surface area contributed by atoms with E-state index in [1.807, 2.05) is 6.92 Å². The molecule has 0 radical (unpaired) electrons. The van der Waals surface area contributed by atoms with Gasteiger partial charge in [0.15, 0.2) is 6.61 Å². The van der Waals surface area contributed by atoms with E-state index in [0.717, 1.165) is 5.56 Å². The van der Waals surface area contributed by atoms with Crippen LogP contribution in [0, 0.1) is 0 Å². The topological polar surface area (TPSA) is 84.9 Å². The molecule has 0 aliphatic heterocycles. The monoisotopic (exact) mass is 307 g/mol. The summed E-state index contributed by atoms with van der Waals surface area (Å²) in [7, 11) is 0. The van der Waals surface area contributed by atoms with E-state index in [4.69, 9.17) is 14.6 Å². The number of carbonyl (C=O) groups excluding carboxylic acids is 1. The summed E-state index contributed by atoms with van der Waals surface area (Å²) in [6.07, 6.45) is 2.02. The largest absolute Gasteiger partial charge is 0.480 e. The summed E-state index contributed by atoms with van der Waals surface area (Å²) >= 11 is 0. The van der Waals surface area contributed by atoms with Crippen LogP contribution in [0.15, 0.2) is 30.9 Å². The molecule has 2 N–H and O–H groups in total. The number of esters is 1. The van der Waals surface area contributed by atoms with Gasteiger partial charge in [0.1, 0.15) is 12.4 Å². The van der Waals surface area contributed by atoms with E-state index in [1.54, 1.807) is 31.2 Å². The smallest absolute Gasteiger partial charge is 0.341 e. The van der Waals surface area contributed by atoms with Crippen molar-refractivity contribution >= 4 is 17.6 Å². The molecule has 1 atom stereocenters. The Bertz CT molecular complexity index is 541. The molecule has 1 aromatic carbocycles. The highest BCUT2D eigenvalue weighted by Crippen LogP contribution is 2.27. The van der Waals surface area contributed by atoms with Crippen LogP contribution >= 0.6 is 0 Å². The molecule has 0 heterocycles. The van der Waals surface area contributed by atoms with E-state index >= 15 is 0 Å². The van der Waals surface area contributed by atoms with Gasteiger partial charge in [-0.3, -0.25) is 4.79 Å². The van der Waals surface area contributed by atoms with Crippen molar-refractivity contribution in [2.45, 2.75) is 32.9 Å². The van der Waals surface area contributed by atoms with Crippen LogP contribution in [0.5, 0.6) is 5.75 Å². The van der Waals surface area contributed by atoms with Gasteiger partial charge in [0.2, 0.25) is 0 Å². The quantitative estimate of drug-likeness (QED) is 0.539. The van der Waals surface area contributed by atoms with Gasteiger partial charge in [-0.1, -0.05) is 19.1 Å². The Kier molecular flexibility index (Phi) is 6.95. The van der Waals surface area contributed by atoms with Crippen molar-refractivity contribution in [2.24, 2.45) is 0 Å². The van der Waals surface area contributed by atoms with Crippen LogP contribution in [0.4, 0.5) is 5.69 Å². The zero-order valence-corrected chi connectivity index (χ0v) is 12.8. The Balaban J connectivity index is 2.89. The van der Waals surface area contributed by atoms with E-state index in [1.165, 1.54) is 0 Å². The molecule has 0 saturated heterocycles. The molecule has 6 nitrogen and oxygen atoms in total. The van der Waals surface area contributed by atoms with Crippen LogP contribution in [0.25, 0.3) is 0 Å². The van der Waals surface area contributed by atoms with Crippen molar-refractivity contribution < 1.29 is 24.2 Å². The summed E-state index contributed by atoms with van der Waals surface area (Å²) in [5.41, 5.74) is 1.37. The zero-order valence-electron chi connectivity index (χ0n) is 12.8. The highest BCUT2D eigenvalue weighted by atomic mass is 16.5. The first-order valence-electron chi connectivity index (χ1n) is 6.98. The minimum atomic E-state index is -1.06. The lowest BCUT2D eigenvalue weighted by Gasteiger charge is -2.16. The van der Waals surface area contributed by atoms with Crippen molar-refractivity contribution in [3.63, 3.8) is 0 Å². The number of ether oxygens (including phenoxy) is 2. The Morgan fingerprint density at radius 3 is 2.77 bits per heavy atom. The van der Waals surface area contributed by atoms with Crippen molar-refractivity contribution in [1.82, 2.24) is 0 Å². The molecule has 6 heteroatoms. The SMILES string of the molecule is C=C[C@@H](C)Nc1ccc(COC(=O)CC)cc1OCC(=O)O. The normalized spacial score (nSPS) is 11.4. The second kappa shape index (κ2) is 8.71. The Hall–Kier alpha value is -2.50. The van der Waals surface area contributed by atoms with Crippen molar-refractivity contribution in [3.05, 3.63) is 36.4 Å². The van der Waals surface area contributed by atoms with Crippen LogP contribution in [0.1, 0.15) is 25.8 Å². The van der Waals surface area contributed by atoms with Gasteiger partial charge in [-0.05, 0) is 24.6 Å². The third-order valence-corrected chi connectivity index (χ3v) is 2.82. The van der Waals surface area contributed by atoms with Crippen molar-refractivity contribution in [3.8, 4) is 5.75 Å². The van der Waals surface area contributed by atoms with Gasteiger partial charge in [-0.15, -0.1) is 6.58 Å². The predicted molar refractivity (Wildman–Crippen MR) is 82.9 cm³/mol. The van der Waals surface area contributed by atoms with Crippen LogP contribution in [-0.2, 0) is 20.9 Å². The van der Waals surface area contributed by atoms with Crippen molar-refractivity contribution in [1.29, 1.82) is 0 Å². The highest BCUT2D eigenvalue weighted by molar-refractivity contribution is 5.70. The molecular formula is C16H21NO5. The van der Waals surface area contributed by atoms with Crippen LogP contribution in [0.2, 0.25) is 0 Å². The first-order chi connectivity index (χ1) is 10.5. The van der Waals surface area contributed by atoms with Gasteiger partial charge < -0.3 is 19.9 Å². The summed E-state index contributed by atoms with van der Waals surface area (Å²) in [4.78, 5) is 21.9. The fourth-order valence-electron chi connectivity index (χ4n) is 1.60. The Labute approximate surface area is 129 Å². The molecule has 0 amide bonds. The maximum absolute atomic E-state index is 11.2. The number of carboxylic acids is 1. The summed E-state index contributed by atoms with van der Waals surface area (Å²) in [6.45, 7) is 6.97. The fraction of sp³-hybridized carbons (Fsp3) is 0.375. The molecule has 0 aliphatic rings. The maximum Gasteiger partial charge on any atom is 0.341 e. The van der Waals surface area contributed by atoms with Crippen molar-refractivity contribution in [2.75, 3.05) is 11.9 Å². The number of rotatable bonds is 9. The molecular weight excluding hydrogens is 286 g/mol. The van der Waals surface area contributed by atoms with E-state index in [-0.39, 0.29) is 18.6 Å². The first-order valence-corrected chi connectivity index (χ1v) is 6.98. The molecule has 0 aliphatic carbocycles. The number of benzene rings is 1. The number of hydrogen-bond donors (Lipinski definition) is 2. The fourth-order valence-corrected chi connectivity index (χ4v) is 1.60. The minimum absolute atomic E-state index is 0.00375. The van der Waals surface area contributed by atoms with E-state index in [0.29, 0.717) is 17.9 Å². The van der Waals surface area contributed by atoms with E-state index in [2.05, 4.69) is 11.9 Å². The Morgan fingerprint density at radius 1 is 1.45 bits per heavy atom. The number of hydrogen-bond acceptors (Lipinski definition) is 5. The van der Waals surface area contributed by atoms with Gasteiger partial charge in [0.05, 0.1) is 5.69 Å². The summed E-state index contributed by atoms with van der Waals surface area (Å²) in [6, 6.07) is 5.20. The third kappa shape index (κ3) is 5.87. The molecule has 0 bridgehead atoms. The number of anilines is 1. The second-order valence-corrected chi connectivity index (χ2v) is 4.70. The van der Waals surface area contributed by atoms with Gasteiger partial charge in [-0.2, -0.15) is 0 Å². The zero-order chi connectivity index (χ0) is 16.5. The lowest BCUT2D eigenvalue weighted by molar-refractivity contribution is -0.144. The van der Waals surface area contributed by atoms with Gasteiger partial charge >= 0.3 is 11.9 Å². The molecule has 22 heavy (non-hydrogen) atoms. The number of carboxylic acid groups (broad SMARTS) is 1.